The number of hydrogen-bond donors (Lipinski definition) is 0. The first-order valence-electron chi connectivity index (χ1n) is 5.78. The van der Waals surface area contributed by atoms with Crippen molar-refractivity contribution < 1.29 is 9.53 Å². The van der Waals surface area contributed by atoms with E-state index in [0.717, 1.165) is 19.3 Å². The molecule has 0 saturated heterocycles. The van der Waals surface area contributed by atoms with Crippen LogP contribution in [0.4, 0.5) is 0 Å². The van der Waals surface area contributed by atoms with Gasteiger partial charge in [0.15, 0.2) is 0 Å². The zero-order valence-electron chi connectivity index (χ0n) is 10.9. The largest absolute Gasteiger partial charge is 0.459 e. The van der Waals surface area contributed by atoms with Crippen molar-refractivity contribution in [1.29, 1.82) is 0 Å². The van der Waals surface area contributed by atoms with Gasteiger partial charge < -0.3 is 4.74 Å². The molecule has 2 nitrogen and oxygen atoms in total. The summed E-state index contributed by atoms with van der Waals surface area (Å²) in [6.45, 7) is 12.5. The lowest BCUT2D eigenvalue weighted by atomic mass is 9.54. The van der Waals surface area contributed by atoms with Crippen LogP contribution in [0.15, 0.2) is 0 Å². The summed E-state index contributed by atoms with van der Waals surface area (Å²) in [6.07, 6.45) is 3.11. The summed E-state index contributed by atoms with van der Waals surface area (Å²) in [4.78, 5) is 11.2. The minimum absolute atomic E-state index is 0.131. The third-order valence-corrected chi connectivity index (χ3v) is 3.54. The molecule has 1 rings (SSSR count). The standard InChI is InChI=1S/C13H24O2/c1-10(14)15-13(9-11(2,3)4)8-7-12(13,5)6/h7-9H2,1-6H3. The summed E-state index contributed by atoms with van der Waals surface area (Å²) in [7, 11) is 0. The van der Waals surface area contributed by atoms with E-state index in [1.165, 1.54) is 6.92 Å². The molecule has 0 amide bonds. The monoisotopic (exact) mass is 212 g/mol. The molecule has 0 heterocycles. The summed E-state index contributed by atoms with van der Waals surface area (Å²) in [6, 6.07) is 0. The fraction of sp³-hybridized carbons (Fsp3) is 0.923. The smallest absolute Gasteiger partial charge is 0.303 e. The van der Waals surface area contributed by atoms with E-state index in [0.29, 0.717) is 0 Å². The average Bonchev–Trinajstić information content (AvgIpc) is 1.97. The first kappa shape index (κ1) is 12.5. The summed E-state index contributed by atoms with van der Waals surface area (Å²) in [5.74, 6) is -0.146. The van der Waals surface area contributed by atoms with Crippen LogP contribution in [0.3, 0.4) is 0 Å². The van der Waals surface area contributed by atoms with Gasteiger partial charge in [-0.2, -0.15) is 0 Å². The molecule has 0 aromatic heterocycles. The lowest BCUT2D eigenvalue weighted by molar-refractivity contribution is -0.209. The van der Waals surface area contributed by atoms with E-state index in [-0.39, 0.29) is 22.4 Å². The molecule has 88 valence electrons. The minimum atomic E-state index is -0.225. The average molecular weight is 212 g/mol. The van der Waals surface area contributed by atoms with Gasteiger partial charge in [-0.1, -0.05) is 34.6 Å². The summed E-state index contributed by atoms with van der Waals surface area (Å²) < 4.78 is 5.63. The first-order chi connectivity index (χ1) is 6.58. The molecular formula is C13H24O2. The van der Waals surface area contributed by atoms with E-state index >= 15 is 0 Å². The number of carbonyl (C=O) groups excluding carboxylic acids is 1. The Kier molecular flexibility index (Phi) is 2.92. The quantitative estimate of drug-likeness (QED) is 0.654. The van der Waals surface area contributed by atoms with Crippen molar-refractivity contribution in [2.45, 2.75) is 66.4 Å². The molecule has 1 aliphatic rings. The van der Waals surface area contributed by atoms with Gasteiger partial charge in [-0.25, -0.2) is 0 Å². The van der Waals surface area contributed by atoms with E-state index < -0.39 is 0 Å². The van der Waals surface area contributed by atoms with Crippen LogP contribution in [-0.4, -0.2) is 11.6 Å². The molecule has 1 aliphatic carbocycles. The number of carbonyl (C=O) groups is 1. The molecule has 1 saturated carbocycles. The van der Waals surface area contributed by atoms with Crippen LogP contribution >= 0.6 is 0 Å². The fourth-order valence-electron chi connectivity index (χ4n) is 2.59. The molecule has 0 radical (unpaired) electrons. The number of rotatable bonds is 2. The molecule has 15 heavy (non-hydrogen) atoms. The number of ether oxygens (including phenoxy) is 1. The summed E-state index contributed by atoms with van der Waals surface area (Å²) in [5.41, 5.74) is 0.107. The molecular weight excluding hydrogens is 188 g/mol. The molecule has 0 N–H and O–H groups in total. The van der Waals surface area contributed by atoms with Crippen molar-refractivity contribution in [1.82, 2.24) is 0 Å². The van der Waals surface area contributed by atoms with Crippen LogP contribution in [0.5, 0.6) is 0 Å². The molecule has 1 atom stereocenters. The Morgan fingerprint density at radius 2 is 1.80 bits per heavy atom. The zero-order chi connectivity index (χ0) is 11.9. The highest BCUT2D eigenvalue weighted by Crippen LogP contribution is 2.56. The fourth-order valence-corrected chi connectivity index (χ4v) is 2.59. The van der Waals surface area contributed by atoms with E-state index in [9.17, 15) is 4.79 Å². The third-order valence-electron chi connectivity index (χ3n) is 3.54. The van der Waals surface area contributed by atoms with Gasteiger partial charge in [0.05, 0.1) is 0 Å². The number of esters is 1. The van der Waals surface area contributed by atoms with Crippen molar-refractivity contribution in [2.75, 3.05) is 0 Å². The normalized spacial score (nSPS) is 29.5. The van der Waals surface area contributed by atoms with E-state index in [4.69, 9.17) is 4.74 Å². The van der Waals surface area contributed by atoms with Gasteiger partial charge in [-0.05, 0) is 24.7 Å². The highest BCUT2D eigenvalue weighted by molar-refractivity contribution is 5.66. The highest BCUT2D eigenvalue weighted by atomic mass is 16.6. The molecule has 1 unspecified atom stereocenters. The third kappa shape index (κ3) is 2.53. The second-order valence-corrected chi connectivity index (χ2v) is 6.71. The molecule has 2 heteroatoms. The van der Waals surface area contributed by atoms with E-state index in [1.54, 1.807) is 0 Å². The van der Waals surface area contributed by atoms with Gasteiger partial charge in [0.25, 0.3) is 0 Å². The highest BCUT2D eigenvalue weighted by Gasteiger charge is 2.56. The van der Waals surface area contributed by atoms with Gasteiger partial charge in [-0.15, -0.1) is 0 Å². The second-order valence-electron chi connectivity index (χ2n) is 6.71. The maximum atomic E-state index is 11.2. The van der Waals surface area contributed by atoms with Crippen molar-refractivity contribution in [3.8, 4) is 0 Å². The predicted molar refractivity (Wildman–Crippen MR) is 61.6 cm³/mol. The Balaban J connectivity index is 2.84. The van der Waals surface area contributed by atoms with Crippen LogP contribution in [-0.2, 0) is 9.53 Å². The van der Waals surface area contributed by atoms with E-state index in [1.807, 2.05) is 0 Å². The van der Waals surface area contributed by atoms with Crippen LogP contribution in [0.25, 0.3) is 0 Å². The molecule has 0 aliphatic heterocycles. The summed E-state index contributed by atoms with van der Waals surface area (Å²) in [5, 5.41) is 0. The van der Waals surface area contributed by atoms with Gasteiger partial charge in [-0.3, -0.25) is 4.79 Å². The molecule has 0 aromatic rings. The molecule has 0 bridgehead atoms. The van der Waals surface area contributed by atoms with Gasteiger partial charge in [0, 0.05) is 12.3 Å². The van der Waals surface area contributed by atoms with Crippen molar-refractivity contribution in [2.24, 2.45) is 10.8 Å². The van der Waals surface area contributed by atoms with Crippen molar-refractivity contribution >= 4 is 5.97 Å². The predicted octanol–water partition coefficient (Wildman–Crippen LogP) is 3.54. The second kappa shape index (κ2) is 3.50. The molecule has 0 aromatic carbocycles. The maximum Gasteiger partial charge on any atom is 0.303 e. The zero-order valence-corrected chi connectivity index (χ0v) is 10.9. The first-order valence-corrected chi connectivity index (χ1v) is 5.78. The van der Waals surface area contributed by atoms with Crippen LogP contribution in [0, 0.1) is 10.8 Å². The number of hydrogen-bond acceptors (Lipinski definition) is 2. The minimum Gasteiger partial charge on any atom is -0.459 e. The van der Waals surface area contributed by atoms with Gasteiger partial charge >= 0.3 is 5.97 Å². The lowest BCUT2D eigenvalue weighted by Crippen LogP contribution is -2.58. The van der Waals surface area contributed by atoms with Crippen molar-refractivity contribution in [3.63, 3.8) is 0 Å². The Hall–Kier alpha value is -0.530. The molecule has 1 fully saturated rings. The van der Waals surface area contributed by atoms with Gasteiger partial charge in [0.1, 0.15) is 5.60 Å². The van der Waals surface area contributed by atoms with Gasteiger partial charge in [0.2, 0.25) is 0 Å². The Morgan fingerprint density at radius 3 is 2.00 bits per heavy atom. The Labute approximate surface area is 93.4 Å². The van der Waals surface area contributed by atoms with Crippen LogP contribution < -0.4 is 0 Å². The van der Waals surface area contributed by atoms with E-state index in [2.05, 4.69) is 34.6 Å². The topological polar surface area (TPSA) is 26.3 Å². The summed E-state index contributed by atoms with van der Waals surface area (Å²) >= 11 is 0. The SMILES string of the molecule is CC(=O)OC1(CC(C)(C)C)CCC1(C)C. The Bertz CT molecular complexity index is 260. The Morgan fingerprint density at radius 1 is 1.27 bits per heavy atom. The lowest BCUT2D eigenvalue weighted by Gasteiger charge is -2.57. The molecule has 0 spiro atoms. The van der Waals surface area contributed by atoms with Crippen LogP contribution in [0.1, 0.15) is 60.8 Å². The maximum absolute atomic E-state index is 11.2. The van der Waals surface area contributed by atoms with Crippen LogP contribution in [0.2, 0.25) is 0 Å². The van der Waals surface area contributed by atoms with Crippen molar-refractivity contribution in [3.05, 3.63) is 0 Å².